The highest BCUT2D eigenvalue weighted by Crippen LogP contribution is 2.18. The Morgan fingerprint density at radius 2 is 1.71 bits per heavy atom. The van der Waals surface area contributed by atoms with Crippen LogP contribution in [0.5, 0.6) is 0 Å². The third-order valence-corrected chi connectivity index (χ3v) is 6.41. The molecule has 0 aliphatic rings. The second kappa shape index (κ2) is 10.1. The van der Waals surface area contributed by atoms with Crippen molar-refractivity contribution in [1.29, 1.82) is 0 Å². The quantitative estimate of drug-likeness (QED) is 0.455. The maximum atomic E-state index is 11.4. The second-order valence-corrected chi connectivity index (χ2v) is 7.97. The van der Waals surface area contributed by atoms with Gasteiger partial charge in [0.25, 0.3) is 0 Å². The Morgan fingerprint density at radius 1 is 1.12 bits per heavy atom. The third-order valence-electron chi connectivity index (χ3n) is 2.56. The monoisotopic (exact) mass is 280 g/mol. The van der Waals surface area contributed by atoms with Gasteiger partial charge < -0.3 is 13.3 Å². The first-order valence-corrected chi connectivity index (χ1v) is 8.87. The van der Waals surface area contributed by atoms with Crippen molar-refractivity contribution >= 4 is 25.7 Å². The molecule has 0 amide bonds. The number of hydrogen-bond donors (Lipinski definition) is 0. The van der Waals surface area contributed by atoms with Crippen molar-refractivity contribution in [3.8, 4) is 0 Å². The molecule has 0 radical (unpaired) electrons. The highest BCUT2D eigenvalue weighted by molar-refractivity contribution is 8.13. The van der Waals surface area contributed by atoms with E-state index < -0.39 is 8.80 Å². The van der Waals surface area contributed by atoms with E-state index in [1.54, 1.807) is 21.3 Å². The Kier molecular flexibility index (Phi) is 10.1. The topological polar surface area (TPSA) is 44.8 Å². The van der Waals surface area contributed by atoms with Crippen LogP contribution in [0.15, 0.2) is 0 Å². The lowest BCUT2D eigenvalue weighted by molar-refractivity contribution is -0.111. The SMILES string of the molecule is CCCCC(=O)SCCC[Si](OC)(OC)OC. The molecule has 0 unspecified atom stereocenters. The summed E-state index contributed by atoms with van der Waals surface area (Å²) in [5, 5.41) is 0.284. The molecule has 0 heterocycles. The maximum absolute atomic E-state index is 11.4. The van der Waals surface area contributed by atoms with Gasteiger partial charge in [-0.2, -0.15) is 0 Å². The number of rotatable bonds is 10. The first-order valence-electron chi connectivity index (χ1n) is 5.95. The first kappa shape index (κ1) is 17.1. The smallest absolute Gasteiger partial charge is 0.377 e. The Hall–Kier alpha value is 0.117. The van der Waals surface area contributed by atoms with Gasteiger partial charge >= 0.3 is 8.80 Å². The molecule has 0 saturated heterocycles. The number of unbranched alkanes of at least 4 members (excludes halogenated alkanes) is 1. The summed E-state index contributed by atoms with van der Waals surface area (Å²) in [7, 11) is 2.39. The largest absolute Gasteiger partial charge is 0.500 e. The van der Waals surface area contributed by atoms with E-state index in [1.165, 1.54) is 11.8 Å². The van der Waals surface area contributed by atoms with Gasteiger partial charge in [0.1, 0.15) is 0 Å². The van der Waals surface area contributed by atoms with Gasteiger partial charge in [-0.3, -0.25) is 4.79 Å². The molecule has 0 aromatic rings. The first-order chi connectivity index (χ1) is 8.14. The Bertz CT molecular complexity index is 201. The van der Waals surface area contributed by atoms with Crippen LogP contribution in [0.4, 0.5) is 0 Å². The lowest BCUT2D eigenvalue weighted by Gasteiger charge is -2.23. The fourth-order valence-electron chi connectivity index (χ4n) is 1.42. The maximum Gasteiger partial charge on any atom is 0.500 e. The number of hydrogen-bond acceptors (Lipinski definition) is 5. The highest BCUT2D eigenvalue weighted by atomic mass is 32.2. The number of carbonyl (C=O) groups excluding carboxylic acids is 1. The van der Waals surface area contributed by atoms with Crippen LogP contribution >= 0.6 is 11.8 Å². The summed E-state index contributed by atoms with van der Waals surface area (Å²) in [6, 6.07) is 0.755. The molecule has 4 nitrogen and oxygen atoms in total. The van der Waals surface area contributed by atoms with Gasteiger partial charge in [0, 0.05) is 39.5 Å². The normalized spacial score (nSPS) is 11.8. The third kappa shape index (κ3) is 7.20. The fourth-order valence-corrected chi connectivity index (χ4v) is 4.21. The van der Waals surface area contributed by atoms with Crippen molar-refractivity contribution in [2.45, 2.75) is 38.7 Å². The van der Waals surface area contributed by atoms with E-state index in [2.05, 4.69) is 6.92 Å². The molecule has 0 aliphatic carbocycles. The standard InChI is InChI=1S/C11H24O4SSi/c1-5-6-8-11(12)16-9-7-10-17(13-2,14-3)15-4/h5-10H2,1-4H3. The highest BCUT2D eigenvalue weighted by Gasteiger charge is 2.36. The van der Waals surface area contributed by atoms with Gasteiger partial charge in [-0.05, 0) is 12.8 Å². The molecule has 0 rings (SSSR count). The van der Waals surface area contributed by atoms with E-state index in [-0.39, 0.29) is 5.12 Å². The molecule has 102 valence electrons. The summed E-state index contributed by atoms with van der Waals surface area (Å²) in [5.74, 6) is 0.813. The predicted octanol–water partition coefficient (Wildman–Crippen LogP) is 2.70. The van der Waals surface area contributed by atoms with Crippen LogP contribution < -0.4 is 0 Å². The van der Waals surface area contributed by atoms with E-state index in [4.69, 9.17) is 13.3 Å². The Morgan fingerprint density at radius 3 is 2.18 bits per heavy atom. The lowest BCUT2D eigenvalue weighted by atomic mass is 10.3. The van der Waals surface area contributed by atoms with Crippen LogP contribution in [0.3, 0.4) is 0 Å². The van der Waals surface area contributed by atoms with Crippen LogP contribution in [-0.2, 0) is 18.1 Å². The summed E-state index contributed by atoms with van der Waals surface area (Å²) >= 11 is 1.41. The summed E-state index contributed by atoms with van der Waals surface area (Å²) < 4.78 is 15.9. The van der Waals surface area contributed by atoms with Crippen molar-refractivity contribution in [3.05, 3.63) is 0 Å². The minimum atomic E-state index is -2.44. The van der Waals surface area contributed by atoms with Gasteiger partial charge in [0.05, 0.1) is 0 Å². The van der Waals surface area contributed by atoms with Crippen molar-refractivity contribution in [2.75, 3.05) is 27.1 Å². The molecule has 0 aromatic carbocycles. The van der Waals surface area contributed by atoms with Crippen LogP contribution in [0.2, 0.25) is 6.04 Å². The van der Waals surface area contributed by atoms with E-state index >= 15 is 0 Å². The van der Waals surface area contributed by atoms with Gasteiger partial charge in [-0.15, -0.1) is 0 Å². The molecular weight excluding hydrogens is 256 g/mol. The summed E-state index contributed by atoms with van der Waals surface area (Å²) in [6.07, 6.45) is 3.62. The predicted molar refractivity (Wildman–Crippen MR) is 73.2 cm³/mol. The molecular formula is C11H24O4SSi. The molecule has 0 atom stereocenters. The van der Waals surface area contributed by atoms with E-state index in [1.807, 2.05) is 0 Å². The van der Waals surface area contributed by atoms with E-state index in [0.29, 0.717) is 6.42 Å². The number of thioether (sulfide) groups is 1. The van der Waals surface area contributed by atoms with Gasteiger partial charge in [-0.25, -0.2) is 0 Å². The molecule has 17 heavy (non-hydrogen) atoms. The molecule has 0 spiro atoms. The molecule has 0 bridgehead atoms. The van der Waals surface area contributed by atoms with Crippen molar-refractivity contribution in [3.63, 3.8) is 0 Å². The van der Waals surface area contributed by atoms with Crippen molar-refractivity contribution in [1.82, 2.24) is 0 Å². The van der Waals surface area contributed by atoms with Crippen LogP contribution in [0.25, 0.3) is 0 Å². The zero-order valence-corrected chi connectivity index (χ0v) is 13.1. The number of carbonyl (C=O) groups is 1. The summed E-state index contributed by atoms with van der Waals surface area (Å²) in [5.41, 5.74) is 0. The average Bonchev–Trinajstić information content (AvgIpc) is 2.37. The molecule has 0 N–H and O–H groups in total. The fraction of sp³-hybridized carbons (Fsp3) is 0.909. The minimum absolute atomic E-state index is 0.284. The summed E-state index contributed by atoms with van der Waals surface area (Å²) in [4.78, 5) is 11.4. The second-order valence-electron chi connectivity index (χ2n) is 3.72. The van der Waals surface area contributed by atoms with Crippen molar-refractivity contribution in [2.24, 2.45) is 0 Å². The summed E-state index contributed by atoms with van der Waals surface area (Å²) in [6.45, 7) is 2.09. The van der Waals surface area contributed by atoms with Crippen molar-refractivity contribution < 1.29 is 18.1 Å². The van der Waals surface area contributed by atoms with Gasteiger partial charge in [0.15, 0.2) is 5.12 Å². The Labute approximate surface area is 110 Å². The van der Waals surface area contributed by atoms with Crippen LogP contribution in [0.1, 0.15) is 32.6 Å². The molecule has 6 heteroatoms. The zero-order chi connectivity index (χ0) is 13.1. The average molecular weight is 280 g/mol. The minimum Gasteiger partial charge on any atom is -0.377 e. The zero-order valence-electron chi connectivity index (χ0n) is 11.3. The van der Waals surface area contributed by atoms with E-state index in [0.717, 1.165) is 31.1 Å². The molecule has 0 fully saturated rings. The molecule has 0 aliphatic heterocycles. The molecule has 0 aromatic heterocycles. The van der Waals surface area contributed by atoms with Crippen LogP contribution in [-0.4, -0.2) is 41.0 Å². The van der Waals surface area contributed by atoms with Gasteiger partial charge in [0.2, 0.25) is 0 Å². The molecule has 0 saturated carbocycles. The van der Waals surface area contributed by atoms with E-state index in [9.17, 15) is 4.79 Å². The lowest BCUT2D eigenvalue weighted by Crippen LogP contribution is -2.42. The Balaban J connectivity index is 3.71. The van der Waals surface area contributed by atoms with Gasteiger partial charge in [-0.1, -0.05) is 25.1 Å². The van der Waals surface area contributed by atoms with Crippen LogP contribution in [0, 0.1) is 0 Å².